The van der Waals surface area contributed by atoms with Gasteiger partial charge in [-0.2, -0.15) is 21.6 Å². The predicted octanol–water partition coefficient (Wildman–Crippen LogP) is 2.25. The van der Waals surface area contributed by atoms with Gasteiger partial charge in [0.15, 0.2) is 0 Å². The second-order valence-electron chi connectivity index (χ2n) is 5.69. The molecule has 124 valence electrons. The molecule has 6 nitrogen and oxygen atoms in total. The van der Waals surface area contributed by atoms with Crippen LogP contribution in [0.1, 0.15) is 33.6 Å². The fourth-order valence-corrected chi connectivity index (χ4v) is 2.37. The smallest absolute Gasteiger partial charge is 0.444 e. The van der Waals surface area contributed by atoms with Crippen molar-refractivity contribution in [2.45, 2.75) is 50.8 Å². The average Bonchev–Trinajstić information content (AvgIpc) is 2.24. The lowest BCUT2D eigenvalue weighted by Crippen LogP contribution is -2.46. The number of hydrogen-bond donors (Lipinski definition) is 0. The summed E-state index contributed by atoms with van der Waals surface area (Å²) in [6.07, 6.45) is -1.48. The minimum Gasteiger partial charge on any atom is -0.444 e. The van der Waals surface area contributed by atoms with E-state index >= 15 is 0 Å². The lowest BCUT2D eigenvalue weighted by atomic mass is 10.1. The summed E-state index contributed by atoms with van der Waals surface area (Å²) in [5.74, 6) is 0. The van der Waals surface area contributed by atoms with Crippen LogP contribution in [0.5, 0.6) is 0 Å². The second-order valence-corrected chi connectivity index (χ2v) is 7.25. The van der Waals surface area contributed by atoms with Crippen LogP contribution in [-0.4, -0.2) is 49.7 Å². The molecule has 0 saturated carbocycles. The first-order valence-electron chi connectivity index (χ1n) is 6.29. The zero-order chi connectivity index (χ0) is 16.5. The highest BCUT2D eigenvalue weighted by Crippen LogP contribution is 2.28. The molecule has 1 fully saturated rings. The maximum Gasteiger partial charge on any atom is 0.523 e. The molecule has 0 aliphatic carbocycles. The quantitative estimate of drug-likeness (QED) is 0.572. The molecular weight excluding hydrogens is 315 g/mol. The molecule has 0 spiro atoms. The molecular formula is C11H18F3NO5S. The highest BCUT2D eigenvalue weighted by molar-refractivity contribution is 7.87. The third-order valence-electron chi connectivity index (χ3n) is 2.58. The number of carbonyl (C=O) groups excluding carboxylic acids is 1. The summed E-state index contributed by atoms with van der Waals surface area (Å²) in [4.78, 5) is 12.9. The van der Waals surface area contributed by atoms with Crippen LogP contribution >= 0.6 is 0 Å². The molecule has 0 aromatic rings. The Bertz CT molecular complexity index is 483. The van der Waals surface area contributed by atoms with E-state index in [2.05, 4.69) is 4.18 Å². The van der Waals surface area contributed by atoms with Crippen molar-refractivity contribution in [2.24, 2.45) is 0 Å². The van der Waals surface area contributed by atoms with Gasteiger partial charge in [0.2, 0.25) is 0 Å². The van der Waals surface area contributed by atoms with Gasteiger partial charge in [-0.1, -0.05) is 0 Å². The van der Waals surface area contributed by atoms with Crippen molar-refractivity contribution in [1.29, 1.82) is 0 Å². The minimum absolute atomic E-state index is 0.120. The number of likely N-dealkylation sites (tertiary alicyclic amines) is 1. The molecule has 0 radical (unpaired) electrons. The van der Waals surface area contributed by atoms with Gasteiger partial charge in [-0.3, -0.25) is 4.18 Å². The molecule has 0 bridgehead atoms. The summed E-state index contributed by atoms with van der Waals surface area (Å²) in [6.45, 7) is 4.97. The molecule has 1 heterocycles. The zero-order valence-corrected chi connectivity index (χ0v) is 12.8. The summed E-state index contributed by atoms with van der Waals surface area (Å²) in [7, 11) is -5.66. The molecule has 0 aromatic carbocycles. The molecule has 0 aromatic heterocycles. The van der Waals surface area contributed by atoms with Crippen molar-refractivity contribution in [3.8, 4) is 0 Å². The number of ether oxygens (including phenoxy) is 1. The van der Waals surface area contributed by atoms with Gasteiger partial charge in [0, 0.05) is 6.54 Å². The molecule has 21 heavy (non-hydrogen) atoms. The van der Waals surface area contributed by atoms with Gasteiger partial charge in [0.25, 0.3) is 0 Å². The first kappa shape index (κ1) is 18.0. The fourth-order valence-electron chi connectivity index (χ4n) is 1.74. The normalized spacial score (nSPS) is 21.2. The third-order valence-corrected chi connectivity index (χ3v) is 3.67. The highest BCUT2D eigenvalue weighted by Gasteiger charge is 2.49. The molecule has 1 amide bonds. The van der Waals surface area contributed by atoms with E-state index in [1.165, 1.54) is 0 Å². The Hall–Kier alpha value is -1.03. The molecule has 0 unspecified atom stereocenters. The zero-order valence-electron chi connectivity index (χ0n) is 11.9. The van der Waals surface area contributed by atoms with Crippen LogP contribution in [-0.2, 0) is 19.0 Å². The van der Waals surface area contributed by atoms with Gasteiger partial charge in [-0.15, -0.1) is 0 Å². The Morgan fingerprint density at radius 2 is 1.81 bits per heavy atom. The standard InChI is InChI=1S/C11H18F3NO5S/c1-10(2,3)19-9(16)15-6-4-5-8(7-15)20-21(17,18)11(12,13)14/h8H,4-7H2,1-3H3/t8-/m0/s1. The summed E-state index contributed by atoms with van der Waals surface area (Å²) < 4.78 is 67.9. The van der Waals surface area contributed by atoms with Crippen LogP contribution in [0.2, 0.25) is 0 Å². The molecule has 1 aliphatic heterocycles. The Morgan fingerprint density at radius 1 is 1.24 bits per heavy atom. The molecule has 1 atom stereocenters. The summed E-state index contributed by atoms with van der Waals surface area (Å²) in [5.41, 5.74) is -6.22. The van der Waals surface area contributed by atoms with Gasteiger partial charge in [0.1, 0.15) is 5.60 Å². The molecule has 1 saturated heterocycles. The predicted molar refractivity (Wildman–Crippen MR) is 66.9 cm³/mol. The van der Waals surface area contributed by atoms with Crippen molar-refractivity contribution in [3.63, 3.8) is 0 Å². The van der Waals surface area contributed by atoms with E-state index in [0.29, 0.717) is 6.42 Å². The number of amides is 1. The molecule has 0 N–H and O–H groups in total. The van der Waals surface area contributed by atoms with Gasteiger partial charge in [-0.05, 0) is 33.6 Å². The summed E-state index contributed by atoms with van der Waals surface area (Å²) in [5, 5.41) is 0. The topological polar surface area (TPSA) is 72.9 Å². The van der Waals surface area contributed by atoms with Crippen LogP contribution in [0.25, 0.3) is 0 Å². The van der Waals surface area contributed by atoms with Crippen LogP contribution in [0.3, 0.4) is 0 Å². The van der Waals surface area contributed by atoms with Crippen LogP contribution in [0.15, 0.2) is 0 Å². The van der Waals surface area contributed by atoms with E-state index < -0.39 is 33.4 Å². The number of rotatable bonds is 2. The molecule has 1 rings (SSSR count). The number of alkyl halides is 3. The largest absolute Gasteiger partial charge is 0.523 e. The Labute approximate surface area is 121 Å². The van der Waals surface area contributed by atoms with E-state index in [0.717, 1.165) is 4.90 Å². The lowest BCUT2D eigenvalue weighted by molar-refractivity contribution is -0.0601. The first-order chi connectivity index (χ1) is 9.32. The number of piperidine rings is 1. The third kappa shape index (κ3) is 5.34. The number of hydrogen-bond acceptors (Lipinski definition) is 5. The van der Waals surface area contributed by atoms with Gasteiger partial charge in [0.05, 0.1) is 12.6 Å². The minimum atomic E-state index is -5.66. The summed E-state index contributed by atoms with van der Waals surface area (Å²) in [6, 6.07) is 0. The molecule has 1 aliphatic rings. The second kappa shape index (κ2) is 5.99. The monoisotopic (exact) mass is 333 g/mol. The Kier molecular flexibility index (Phi) is 5.14. The SMILES string of the molecule is CC(C)(C)OC(=O)N1CCC[C@H](OS(=O)(=O)C(F)(F)F)C1. The van der Waals surface area contributed by atoms with E-state index in [-0.39, 0.29) is 19.5 Å². The highest BCUT2D eigenvalue weighted by atomic mass is 32.2. The lowest BCUT2D eigenvalue weighted by Gasteiger charge is -2.33. The Morgan fingerprint density at radius 3 is 2.29 bits per heavy atom. The first-order valence-corrected chi connectivity index (χ1v) is 7.70. The van der Waals surface area contributed by atoms with Crippen molar-refractivity contribution >= 4 is 16.2 Å². The maximum absolute atomic E-state index is 12.2. The van der Waals surface area contributed by atoms with Gasteiger partial charge < -0.3 is 9.64 Å². The van der Waals surface area contributed by atoms with Crippen molar-refractivity contribution < 1.29 is 35.3 Å². The Balaban J connectivity index is 2.67. The van der Waals surface area contributed by atoms with Crippen molar-refractivity contribution in [2.75, 3.05) is 13.1 Å². The van der Waals surface area contributed by atoms with Gasteiger partial charge in [-0.25, -0.2) is 4.79 Å². The van der Waals surface area contributed by atoms with Crippen LogP contribution in [0.4, 0.5) is 18.0 Å². The van der Waals surface area contributed by atoms with E-state index in [9.17, 15) is 26.4 Å². The number of halogens is 3. The van der Waals surface area contributed by atoms with Crippen LogP contribution < -0.4 is 0 Å². The van der Waals surface area contributed by atoms with E-state index in [1.807, 2.05) is 0 Å². The maximum atomic E-state index is 12.2. The number of carbonyl (C=O) groups is 1. The fraction of sp³-hybridized carbons (Fsp3) is 0.909. The van der Waals surface area contributed by atoms with Crippen molar-refractivity contribution in [3.05, 3.63) is 0 Å². The van der Waals surface area contributed by atoms with E-state index in [4.69, 9.17) is 4.74 Å². The van der Waals surface area contributed by atoms with E-state index in [1.54, 1.807) is 20.8 Å². The summed E-state index contributed by atoms with van der Waals surface area (Å²) >= 11 is 0. The van der Waals surface area contributed by atoms with Crippen LogP contribution in [0, 0.1) is 0 Å². The number of nitrogens with zero attached hydrogens (tertiary/aromatic N) is 1. The van der Waals surface area contributed by atoms with Crippen molar-refractivity contribution in [1.82, 2.24) is 4.90 Å². The molecule has 10 heteroatoms. The van der Waals surface area contributed by atoms with Gasteiger partial charge >= 0.3 is 21.7 Å². The average molecular weight is 333 g/mol.